The van der Waals surface area contributed by atoms with Crippen molar-refractivity contribution < 1.29 is 14.9 Å². The topological polar surface area (TPSA) is 106 Å². The van der Waals surface area contributed by atoms with E-state index in [0.29, 0.717) is 17.9 Å². The van der Waals surface area contributed by atoms with Gasteiger partial charge in [-0.3, -0.25) is 0 Å². The van der Waals surface area contributed by atoms with Crippen molar-refractivity contribution >= 4 is 39.4 Å². The van der Waals surface area contributed by atoms with Crippen molar-refractivity contribution in [2.45, 2.75) is 24.9 Å². The van der Waals surface area contributed by atoms with Crippen molar-refractivity contribution in [2.24, 2.45) is 0 Å². The van der Waals surface area contributed by atoms with Gasteiger partial charge in [0.15, 0.2) is 0 Å². The first-order valence-electron chi connectivity index (χ1n) is 5.82. The minimum atomic E-state index is -0.677. The molecule has 0 saturated carbocycles. The zero-order valence-electron chi connectivity index (χ0n) is 9.90. The number of halogens is 1. The van der Waals surface area contributed by atoms with E-state index in [0.717, 1.165) is 8.96 Å². The number of anilines is 1. The minimum Gasteiger partial charge on any atom is -0.394 e. The Morgan fingerprint density at radius 1 is 1.53 bits per heavy atom. The van der Waals surface area contributed by atoms with Crippen LogP contribution in [0.25, 0.3) is 11.0 Å². The molecule has 2 aromatic heterocycles. The second kappa shape index (κ2) is 4.85. The van der Waals surface area contributed by atoms with Gasteiger partial charge in [0.1, 0.15) is 30.1 Å². The first kappa shape index (κ1) is 13.0. The largest absolute Gasteiger partial charge is 0.394 e. The normalized spacial score (nSPS) is 27.2. The number of aliphatic hydroxyl groups excluding tert-OH is 2. The molecule has 3 atom stereocenters. The van der Waals surface area contributed by atoms with Gasteiger partial charge >= 0.3 is 0 Å². The number of fused-ring (bicyclic) bond motifs is 1. The molecule has 0 unspecified atom stereocenters. The van der Waals surface area contributed by atoms with Crippen LogP contribution in [0.1, 0.15) is 12.6 Å². The van der Waals surface area contributed by atoms with Gasteiger partial charge in [0, 0.05) is 16.2 Å². The third-order valence-corrected chi connectivity index (χ3v) is 4.10. The summed E-state index contributed by atoms with van der Waals surface area (Å²) in [6.07, 6.45) is 2.10. The molecule has 3 rings (SSSR count). The van der Waals surface area contributed by atoms with E-state index in [-0.39, 0.29) is 12.8 Å². The van der Waals surface area contributed by atoms with E-state index in [2.05, 4.69) is 32.6 Å². The number of nitrogens with zero attached hydrogens (tertiary/aromatic N) is 3. The molecule has 8 heteroatoms. The number of nitrogens with two attached hydrogens (primary N) is 1. The zero-order chi connectivity index (χ0) is 13.6. The average Bonchev–Trinajstić information content (AvgIpc) is 2.91. The van der Waals surface area contributed by atoms with Gasteiger partial charge in [0.05, 0.1) is 18.1 Å². The van der Waals surface area contributed by atoms with Crippen LogP contribution in [-0.4, -0.2) is 43.6 Å². The van der Waals surface area contributed by atoms with E-state index in [9.17, 15) is 5.11 Å². The highest BCUT2D eigenvalue weighted by Gasteiger charge is 2.35. The van der Waals surface area contributed by atoms with Crippen molar-refractivity contribution in [2.75, 3.05) is 12.3 Å². The Labute approximate surface area is 122 Å². The van der Waals surface area contributed by atoms with Crippen molar-refractivity contribution in [3.05, 3.63) is 16.1 Å². The van der Waals surface area contributed by atoms with Gasteiger partial charge in [-0.25, -0.2) is 9.97 Å². The average molecular weight is 376 g/mol. The summed E-state index contributed by atoms with van der Waals surface area (Å²) < 4.78 is 8.38. The Morgan fingerprint density at radius 3 is 3.00 bits per heavy atom. The van der Waals surface area contributed by atoms with E-state index in [1.807, 2.05) is 10.8 Å². The summed E-state index contributed by atoms with van der Waals surface area (Å²) in [5.74, 6) is 0.422. The summed E-state index contributed by atoms with van der Waals surface area (Å²) in [5.41, 5.74) is 6.52. The second-order valence-electron chi connectivity index (χ2n) is 4.46. The molecule has 0 amide bonds. The van der Waals surface area contributed by atoms with Gasteiger partial charge in [-0.15, -0.1) is 0 Å². The lowest BCUT2D eigenvalue weighted by Gasteiger charge is -2.14. The standard InChI is InChI=1S/C11H13IN4O3/c12-5-2-16(8-1-6(18)7(3-17)19-8)11-9(5)10(13)14-4-15-11/h2,4,6-8,17-18H,1,3H2,(H2,13,14,15)/t6-,7+,8+/m0/s1. The molecule has 0 bridgehead atoms. The van der Waals surface area contributed by atoms with Crippen LogP contribution in [0.15, 0.2) is 12.5 Å². The molecule has 1 aliphatic heterocycles. The van der Waals surface area contributed by atoms with Crippen LogP contribution >= 0.6 is 22.6 Å². The van der Waals surface area contributed by atoms with Crippen LogP contribution in [-0.2, 0) is 4.74 Å². The third kappa shape index (κ3) is 2.08. The van der Waals surface area contributed by atoms with E-state index < -0.39 is 12.2 Å². The first-order valence-corrected chi connectivity index (χ1v) is 6.90. The Balaban J connectivity index is 2.05. The van der Waals surface area contributed by atoms with Gasteiger partial charge in [-0.2, -0.15) is 0 Å². The molecule has 0 spiro atoms. The Morgan fingerprint density at radius 2 is 2.32 bits per heavy atom. The van der Waals surface area contributed by atoms with Crippen molar-refractivity contribution in [1.82, 2.24) is 14.5 Å². The lowest BCUT2D eigenvalue weighted by Crippen LogP contribution is -2.24. The number of aliphatic hydroxyl groups is 2. The summed E-state index contributed by atoms with van der Waals surface area (Å²) in [6.45, 7) is -0.203. The number of rotatable bonds is 2. The van der Waals surface area contributed by atoms with E-state index in [4.69, 9.17) is 15.6 Å². The molecule has 4 N–H and O–H groups in total. The summed E-state index contributed by atoms with van der Waals surface area (Å²) in [7, 11) is 0. The third-order valence-electron chi connectivity index (χ3n) is 3.29. The molecule has 1 fully saturated rings. The lowest BCUT2D eigenvalue weighted by atomic mass is 10.2. The van der Waals surface area contributed by atoms with Crippen molar-refractivity contribution in [1.29, 1.82) is 0 Å². The molecule has 0 aromatic carbocycles. The number of aromatic nitrogens is 3. The Kier molecular flexibility index (Phi) is 3.33. The molecular weight excluding hydrogens is 363 g/mol. The number of ether oxygens (including phenoxy) is 1. The predicted octanol–water partition coefficient (Wildman–Crippen LogP) is 0.259. The van der Waals surface area contributed by atoms with Crippen LogP contribution in [0.5, 0.6) is 0 Å². The van der Waals surface area contributed by atoms with Gasteiger partial charge < -0.3 is 25.3 Å². The fourth-order valence-electron chi connectivity index (χ4n) is 2.33. The zero-order valence-corrected chi connectivity index (χ0v) is 12.1. The Bertz CT molecular complexity index is 617. The molecular formula is C11H13IN4O3. The fourth-order valence-corrected chi connectivity index (χ4v) is 3.15. The maximum atomic E-state index is 9.80. The number of hydrogen-bond donors (Lipinski definition) is 3. The quantitative estimate of drug-likeness (QED) is 0.650. The van der Waals surface area contributed by atoms with Gasteiger partial charge in [-0.1, -0.05) is 0 Å². The minimum absolute atomic E-state index is 0.203. The molecule has 0 aliphatic carbocycles. The second-order valence-corrected chi connectivity index (χ2v) is 5.62. The molecule has 102 valence electrons. The van der Waals surface area contributed by atoms with E-state index in [1.54, 1.807) is 0 Å². The van der Waals surface area contributed by atoms with E-state index in [1.165, 1.54) is 6.33 Å². The monoisotopic (exact) mass is 376 g/mol. The molecule has 0 radical (unpaired) electrons. The van der Waals surface area contributed by atoms with Crippen LogP contribution < -0.4 is 5.73 Å². The molecule has 19 heavy (non-hydrogen) atoms. The Hall–Kier alpha value is -0.970. The molecule has 7 nitrogen and oxygen atoms in total. The smallest absolute Gasteiger partial charge is 0.148 e. The molecule has 1 saturated heterocycles. The molecule has 2 aromatic rings. The fraction of sp³-hybridized carbons (Fsp3) is 0.455. The number of hydrogen-bond acceptors (Lipinski definition) is 6. The highest BCUT2D eigenvalue weighted by molar-refractivity contribution is 14.1. The van der Waals surface area contributed by atoms with Crippen molar-refractivity contribution in [3.8, 4) is 0 Å². The van der Waals surface area contributed by atoms with Crippen LogP contribution in [0.3, 0.4) is 0 Å². The molecule has 3 heterocycles. The SMILES string of the molecule is Nc1ncnc2c1c(I)cn2[C@H]1C[C@H](O)[C@@H](CO)O1. The van der Waals surface area contributed by atoms with E-state index >= 15 is 0 Å². The van der Waals surface area contributed by atoms with Crippen LogP contribution in [0.2, 0.25) is 0 Å². The molecule has 1 aliphatic rings. The lowest BCUT2D eigenvalue weighted by molar-refractivity contribution is -0.0430. The van der Waals surface area contributed by atoms with Gasteiger partial charge in [0.25, 0.3) is 0 Å². The highest BCUT2D eigenvalue weighted by atomic mass is 127. The van der Waals surface area contributed by atoms with Crippen LogP contribution in [0, 0.1) is 3.57 Å². The number of nitrogen functional groups attached to an aromatic ring is 1. The van der Waals surface area contributed by atoms with Gasteiger partial charge in [-0.05, 0) is 22.6 Å². The van der Waals surface area contributed by atoms with Crippen molar-refractivity contribution in [3.63, 3.8) is 0 Å². The highest BCUT2D eigenvalue weighted by Crippen LogP contribution is 2.34. The predicted molar refractivity (Wildman–Crippen MR) is 76.3 cm³/mol. The summed E-state index contributed by atoms with van der Waals surface area (Å²) in [4.78, 5) is 8.20. The summed E-state index contributed by atoms with van der Waals surface area (Å²) >= 11 is 2.16. The maximum Gasteiger partial charge on any atom is 0.148 e. The maximum absolute atomic E-state index is 9.80. The summed E-state index contributed by atoms with van der Waals surface area (Å²) in [5, 5.41) is 19.7. The first-order chi connectivity index (χ1) is 9.11. The van der Waals surface area contributed by atoms with Gasteiger partial charge in [0.2, 0.25) is 0 Å². The summed E-state index contributed by atoms with van der Waals surface area (Å²) in [6, 6.07) is 0. The van der Waals surface area contributed by atoms with Crippen LogP contribution in [0.4, 0.5) is 5.82 Å².